The molecule has 0 aromatic heterocycles. The number of amides is 1. The zero-order chi connectivity index (χ0) is 18.5. The Morgan fingerprint density at radius 2 is 1.81 bits per heavy atom. The number of anilines is 1. The van der Waals surface area contributed by atoms with E-state index in [0.29, 0.717) is 6.54 Å². The highest BCUT2D eigenvalue weighted by Gasteiger charge is 2.11. The minimum absolute atomic E-state index is 0.0265. The summed E-state index contributed by atoms with van der Waals surface area (Å²) >= 11 is 0. The van der Waals surface area contributed by atoms with Crippen LogP contribution in [0.4, 0.5) is 5.69 Å². The number of hydrogen-bond donors (Lipinski definition) is 2. The number of ether oxygens (including phenoxy) is 1. The van der Waals surface area contributed by atoms with E-state index >= 15 is 0 Å². The maximum Gasteiger partial charge on any atom is 0.279 e. The summed E-state index contributed by atoms with van der Waals surface area (Å²) in [5.74, 6) is 0.888. The average Bonchev–Trinajstić information content (AvgIpc) is 2.61. The van der Waals surface area contributed by atoms with Crippen molar-refractivity contribution in [2.24, 2.45) is 0 Å². The SMILES string of the molecule is COc1ccc2cc(C[NH+](C)CC(=O)Nc3cccc(C)c3)ccc2c1. The Hall–Kier alpha value is -2.85. The fourth-order valence-electron chi connectivity index (χ4n) is 3.12. The molecule has 4 nitrogen and oxygen atoms in total. The van der Waals surface area contributed by atoms with E-state index in [9.17, 15) is 4.79 Å². The Labute approximate surface area is 154 Å². The van der Waals surface area contributed by atoms with Gasteiger partial charge in [-0.05, 0) is 53.6 Å². The molecule has 4 heteroatoms. The van der Waals surface area contributed by atoms with Gasteiger partial charge in [-0.1, -0.05) is 30.3 Å². The molecule has 0 fully saturated rings. The second-order valence-electron chi connectivity index (χ2n) is 6.78. The van der Waals surface area contributed by atoms with Gasteiger partial charge in [0.05, 0.1) is 14.2 Å². The molecule has 1 amide bonds. The number of likely N-dealkylation sites (N-methyl/N-ethyl adjacent to an activating group) is 1. The third-order valence-electron chi connectivity index (χ3n) is 4.38. The summed E-state index contributed by atoms with van der Waals surface area (Å²) in [7, 11) is 3.71. The highest BCUT2D eigenvalue weighted by atomic mass is 16.5. The number of nitrogens with one attached hydrogen (secondary N) is 2. The van der Waals surface area contributed by atoms with Crippen LogP contribution in [0.5, 0.6) is 5.75 Å². The molecular weight excluding hydrogens is 324 g/mol. The maximum absolute atomic E-state index is 12.3. The second kappa shape index (κ2) is 8.02. The number of aryl methyl sites for hydroxylation is 1. The van der Waals surface area contributed by atoms with E-state index in [1.807, 2.05) is 50.4 Å². The molecule has 0 aliphatic rings. The molecule has 2 N–H and O–H groups in total. The molecule has 0 spiro atoms. The number of methoxy groups -OCH3 is 1. The zero-order valence-electron chi connectivity index (χ0n) is 15.5. The van der Waals surface area contributed by atoms with E-state index < -0.39 is 0 Å². The first-order valence-corrected chi connectivity index (χ1v) is 8.78. The Balaban J connectivity index is 1.61. The largest absolute Gasteiger partial charge is 0.497 e. The first kappa shape index (κ1) is 18.0. The monoisotopic (exact) mass is 349 g/mol. The van der Waals surface area contributed by atoms with Crippen LogP contribution in [0.2, 0.25) is 0 Å². The lowest BCUT2D eigenvalue weighted by molar-refractivity contribution is -0.885. The number of carbonyl (C=O) groups is 1. The molecule has 0 aliphatic carbocycles. The summed E-state index contributed by atoms with van der Waals surface area (Å²) in [5.41, 5.74) is 3.20. The van der Waals surface area contributed by atoms with Gasteiger partial charge in [-0.25, -0.2) is 0 Å². The van der Waals surface area contributed by atoms with Crippen LogP contribution in [0.15, 0.2) is 60.7 Å². The first-order chi connectivity index (χ1) is 12.5. The summed E-state index contributed by atoms with van der Waals surface area (Å²) in [6.45, 7) is 3.24. The third-order valence-corrected chi connectivity index (χ3v) is 4.38. The second-order valence-corrected chi connectivity index (χ2v) is 6.78. The summed E-state index contributed by atoms with van der Waals surface area (Å²) in [6.07, 6.45) is 0. The number of hydrogen-bond acceptors (Lipinski definition) is 2. The van der Waals surface area contributed by atoms with E-state index in [1.165, 1.54) is 10.9 Å². The number of rotatable bonds is 6. The van der Waals surface area contributed by atoms with Crippen molar-refractivity contribution in [1.29, 1.82) is 0 Å². The van der Waals surface area contributed by atoms with Crippen molar-refractivity contribution in [1.82, 2.24) is 0 Å². The lowest BCUT2D eigenvalue weighted by atomic mass is 10.1. The Kier molecular flexibility index (Phi) is 5.54. The van der Waals surface area contributed by atoms with Crippen LogP contribution < -0.4 is 15.0 Å². The molecule has 0 saturated heterocycles. The predicted molar refractivity (Wildman–Crippen MR) is 106 cm³/mol. The van der Waals surface area contributed by atoms with Crippen molar-refractivity contribution in [2.45, 2.75) is 13.5 Å². The van der Waals surface area contributed by atoms with E-state index in [4.69, 9.17) is 4.74 Å². The number of fused-ring (bicyclic) bond motifs is 1. The van der Waals surface area contributed by atoms with Crippen LogP contribution in [0.3, 0.4) is 0 Å². The van der Waals surface area contributed by atoms with E-state index in [0.717, 1.165) is 33.8 Å². The minimum atomic E-state index is 0.0265. The zero-order valence-corrected chi connectivity index (χ0v) is 15.5. The lowest BCUT2D eigenvalue weighted by Gasteiger charge is -2.14. The Bertz CT molecular complexity index is 921. The van der Waals surface area contributed by atoms with Gasteiger partial charge in [0, 0.05) is 11.3 Å². The molecule has 0 aliphatic heterocycles. The summed E-state index contributed by atoms with van der Waals surface area (Å²) in [6, 6.07) is 20.3. The van der Waals surface area contributed by atoms with Gasteiger partial charge in [0.1, 0.15) is 12.3 Å². The van der Waals surface area contributed by atoms with Crippen LogP contribution >= 0.6 is 0 Å². The fourth-order valence-corrected chi connectivity index (χ4v) is 3.12. The van der Waals surface area contributed by atoms with Gasteiger partial charge in [-0.15, -0.1) is 0 Å². The quantitative estimate of drug-likeness (QED) is 0.719. The smallest absolute Gasteiger partial charge is 0.279 e. The molecule has 1 unspecified atom stereocenters. The van der Waals surface area contributed by atoms with Crippen LogP contribution in [0.25, 0.3) is 10.8 Å². The molecule has 3 aromatic rings. The van der Waals surface area contributed by atoms with Crippen LogP contribution in [-0.4, -0.2) is 26.6 Å². The number of quaternary nitrogens is 1. The number of carbonyl (C=O) groups excluding carboxylic acids is 1. The number of benzene rings is 3. The summed E-state index contributed by atoms with van der Waals surface area (Å²) in [4.78, 5) is 13.4. The van der Waals surface area contributed by atoms with Gasteiger partial charge in [-0.3, -0.25) is 4.79 Å². The molecule has 3 rings (SSSR count). The molecule has 0 bridgehead atoms. The topological polar surface area (TPSA) is 42.8 Å². The molecule has 134 valence electrons. The van der Waals surface area contributed by atoms with E-state index in [2.05, 4.69) is 29.6 Å². The molecule has 0 saturated carbocycles. The summed E-state index contributed by atoms with van der Waals surface area (Å²) in [5, 5.41) is 5.30. The van der Waals surface area contributed by atoms with Gasteiger partial charge in [0.2, 0.25) is 0 Å². The average molecular weight is 349 g/mol. The van der Waals surface area contributed by atoms with Gasteiger partial charge in [-0.2, -0.15) is 0 Å². The third kappa shape index (κ3) is 4.61. The normalized spacial score (nSPS) is 12.0. The van der Waals surface area contributed by atoms with Crippen molar-refractivity contribution >= 4 is 22.4 Å². The molecule has 0 heterocycles. The van der Waals surface area contributed by atoms with Gasteiger partial charge < -0.3 is 15.0 Å². The predicted octanol–water partition coefficient (Wildman–Crippen LogP) is 2.81. The van der Waals surface area contributed by atoms with Gasteiger partial charge in [0.25, 0.3) is 5.91 Å². The lowest BCUT2D eigenvalue weighted by Crippen LogP contribution is -3.08. The molecular formula is C22H25N2O2+. The van der Waals surface area contributed by atoms with Gasteiger partial charge >= 0.3 is 0 Å². The van der Waals surface area contributed by atoms with Gasteiger partial charge in [0.15, 0.2) is 6.54 Å². The Morgan fingerprint density at radius 1 is 1.04 bits per heavy atom. The maximum atomic E-state index is 12.3. The Morgan fingerprint density at radius 3 is 2.58 bits per heavy atom. The molecule has 0 radical (unpaired) electrons. The van der Waals surface area contributed by atoms with Crippen molar-refractivity contribution in [2.75, 3.05) is 26.0 Å². The van der Waals surface area contributed by atoms with Crippen molar-refractivity contribution in [3.8, 4) is 5.75 Å². The van der Waals surface area contributed by atoms with Crippen LogP contribution in [0.1, 0.15) is 11.1 Å². The molecule has 26 heavy (non-hydrogen) atoms. The fraction of sp³-hybridized carbons (Fsp3) is 0.227. The minimum Gasteiger partial charge on any atom is -0.497 e. The van der Waals surface area contributed by atoms with Crippen LogP contribution in [-0.2, 0) is 11.3 Å². The highest BCUT2D eigenvalue weighted by molar-refractivity contribution is 5.91. The molecule has 1 atom stereocenters. The summed E-state index contributed by atoms with van der Waals surface area (Å²) < 4.78 is 5.27. The van der Waals surface area contributed by atoms with Crippen LogP contribution in [0, 0.1) is 6.92 Å². The first-order valence-electron chi connectivity index (χ1n) is 8.78. The standard InChI is InChI=1S/C22H24N2O2/c1-16-5-4-6-20(11-16)23-22(25)15-24(2)14-17-7-8-19-13-21(26-3)10-9-18(19)12-17/h4-13H,14-15H2,1-3H3,(H,23,25)/p+1. The van der Waals surface area contributed by atoms with Crippen molar-refractivity contribution in [3.63, 3.8) is 0 Å². The van der Waals surface area contributed by atoms with Crippen molar-refractivity contribution in [3.05, 3.63) is 71.8 Å². The highest BCUT2D eigenvalue weighted by Crippen LogP contribution is 2.21. The molecule has 3 aromatic carbocycles. The van der Waals surface area contributed by atoms with Crippen molar-refractivity contribution < 1.29 is 14.4 Å². The van der Waals surface area contributed by atoms with E-state index in [-0.39, 0.29) is 5.91 Å². The van der Waals surface area contributed by atoms with E-state index in [1.54, 1.807) is 7.11 Å².